The summed E-state index contributed by atoms with van der Waals surface area (Å²) in [6.07, 6.45) is -4.30. The number of hydrogen-bond donors (Lipinski definition) is 1. The van der Waals surface area contributed by atoms with Crippen molar-refractivity contribution >= 4 is 23.4 Å². The van der Waals surface area contributed by atoms with Crippen LogP contribution < -0.4 is 5.73 Å². The van der Waals surface area contributed by atoms with Crippen molar-refractivity contribution in [3.63, 3.8) is 0 Å². The Morgan fingerprint density at radius 3 is 2.51 bits per heavy atom. The molecule has 2 aromatic rings. The normalized spacial score (nSPS) is 26.7. The molecule has 2 saturated heterocycles. The summed E-state index contributed by atoms with van der Waals surface area (Å²) >= 11 is 5.73. The molecule has 0 spiro atoms. The molecule has 1 aromatic carbocycles. The molecule has 12 heteroatoms. The molecule has 3 heterocycles. The van der Waals surface area contributed by atoms with Crippen molar-refractivity contribution in [1.29, 1.82) is 0 Å². The standard InChI is InChI=1S/C23H19ClF5N3O3/c24-13-6-14(25)12(5-15(13)26)19(10-8-35-9-10)22-7-11(22)4-17(20(30)33)32(22)21(34)16-2-1-3-18(31-16)23(27,28)29/h1-3,5-6,10-11,17,19H,4,7-9H2,(H2,30,33)/t11?,17?,19-,22?/m1/s1. The van der Waals surface area contributed by atoms with Gasteiger partial charge in [0, 0.05) is 11.8 Å². The molecular formula is C23H19ClF5N3O3. The number of hydrogen-bond acceptors (Lipinski definition) is 4. The first-order valence-electron chi connectivity index (χ1n) is 10.8. The summed E-state index contributed by atoms with van der Waals surface area (Å²) in [5, 5.41) is -0.415. The van der Waals surface area contributed by atoms with Crippen LogP contribution in [0.15, 0.2) is 30.3 Å². The largest absolute Gasteiger partial charge is 0.433 e. The number of carbonyl (C=O) groups is 2. The third kappa shape index (κ3) is 3.76. The van der Waals surface area contributed by atoms with Crippen LogP contribution in [0.25, 0.3) is 0 Å². The summed E-state index contributed by atoms with van der Waals surface area (Å²) in [4.78, 5) is 30.6. The quantitative estimate of drug-likeness (QED) is 0.483. The molecule has 6 nitrogen and oxygen atoms in total. The van der Waals surface area contributed by atoms with Crippen molar-refractivity contribution in [3.8, 4) is 0 Å². The van der Waals surface area contributed by atoms with E-state index in [4.69, 9.17) is 22.1 Å². The number of fused-ring (bicyclic) bond motifs is 1. The second-order valence-electron chi connectivity index (χ2n) is 9.19. The molecule has 2 amide bonds. The van der Waals surface area contributed by atoms with Gasteiger partial charge in [0.05, 0.1) is 23.8 Å². The van der Waals surface area contributed by atoms with Gasteiger partial charge in [-0.3, -0.25) is 9.59 Å². The summed E-state index contributed by atoms with van der Waals surface area (Å²) in [5.74, 6) is -4.84. The van der Waals surface area contributed by atoms with E-state index >= 15 is 4.39 Å². The Morgan fingerprint density at radius 2 is 1.91 bits per heavy atom. The van der Waals surface area contributed by atoms with Crippen molar-refractivity contribution in [2.24, 2.45) is 17.6 Å². The molecule has 1 saturated carbocycles. The second-order valence-corrected chi connectivity index (χ2v) is 9.60. The summed E-state index contributed by atoms with van der Waals surface area (Å²) in [6.45, 7) is 0.405. The van der Waals surface area contributed by atoms with Gasteiger partial charge in [-0.05, 0) is 48.6 Å². The van der Waals surface area contributed by atoms with Gasteiger partial charge in [0.1, 0.15) is 29.1 Å². The maximum Gasteiger partial charge on any atom is 0.433 e. The summed E-state index contributed by atoms with van der Waals surface area (Å²) in [6, 6.07) is 3.55. The van der Waals surface area contributed by atoms with Gasteiger partial charge < -0.3 is 15.4 Å². The third-order valence-electron chi connectivity index (χ3n) is 7.24. The van der Waals surface area contributed by atoms with Crippen LogP contribution in [-0.4, -0.2) is 46.5 Å². The van der Waals surface area contributed by atoms with E-state index < -0.39 is 63.5 Å². The molecule has 2 aliphatic heterocycles. The zero-order valence-electron chi connectivity index (χ0n) is 18.0. The van der Waals surface area contributed by atoms with Crippen molar-refractivity contribution in [1.82, 2.24) is 9.88 Å². The number of alkyl halides is 3. The lowest BCUT2D eigenvalue weighted by atomic mass is 9.76. The Kier molecular flexibility index (Phi) is 5.55. The van der Waals surface area contributed by atoms with Gasteiger partial charge in [0.15, 0.2) is 0 Å². The van der Waals surface area contributed by atoms with E-state index in [1.165, 1.54) is 0 Å². The van der Waals surface area contributed by atoms with Crippen molar-refractivity contribution in [2.75, 3.05) is 13.2 Å². The van der Waals surface area contributed by atoms with E-state index in [2.05, 4.69) is 4.98 Å². The van der Waals surface area contributed by atoms with Gasteiger partial charge in [-0.15, -0.1) is 0 Å². The highest BCUT2D eigenvalue weighted by atomic mass is 35.5. The molecule has 3 unspecified atom stereocenters. The minimum atomic E-state index is -4.79. The SMILES string of the molecule is NC(=O)C1CC2CC2([C@@H](c2cc(F)c(Cl)cc2F)C2COC2)N1C(=O)c1cccc(C(F)(F)F)n1. The number of piperidine rings is 1. The topological polar surface area (TPSA) is 85.5 Å². The first kappa shape index (κ1) is 23.9. The molecule has 0 bridgehead atoms. The van der Waals surface area contributed by atoms with Gasteiger partial charge in [0.2, 0.25) is 5.91 Å². The Bertz CT molecular complexity index is 1220. The van der Waals surface area contributed by atoms with Gasteiger partial charge in [-0.1, -0.05) is 17.7 Å². The minimum Gasteiger partial charge on any atom is -0.381 e. The van der Waals surface area contributed by atoms with Crippen LogP contribution in [-0.2, 0) is 15.7 Å². The maximum absolute atomic E-state index is 15.1. The van der Waals surface area contributed by atoms with Crippen molar-refractivity contribution in [2.45, 2.75) is 36.5 Å². The molecule has 0 radical (unpaired) electrons. The number of ether oxygens (including phenoxy) is 1. The van der Waals surface area contributed by atoms with E-state index in [1.54, 1.807) is 0 Å². The molecule has 186 valence electrons. The van der Waals surface area contributed by atoms with E-state index in [-0.39, 0.29) is 37.0 Å². The molecule has 1 aliphatic carbocycles. The molecule has 35 heavy (non-hydrogen) atoms. The summed E-state index contributed by atoms with van der Waals surface area (Å²) in [7, 11) is 0. The van der Waals surface area contributed by atoms with E-state index in [0.29, 0.717) is 6.42 Å². The predicted octanol–water partition coefficient (Wildman–Crippen LogP) is 3.92. The molecule has 1 aromatic heterocycles. The lowest BCUT2D eigenvalue weighted by Gasteiger charge is -2.44. The number of pyridine rings is 1. The average molecular weight is 516 g/mol. The summed E-state index contributed by atoms with van der Waals surface area (Å²) < 4.78 is 74.5. The molecule has 4 atom stereocenters. The smallest absolute Gasteiger partial charge is 0.381 e. The Hall–Kier alpha value is -2.79. The van der Waals surface area contributed by atoms with E-state index in [9.17, 15) is 27.2 Å². The lowest BCUT2D eigenvalue weighted by molar-refractivity contribution is -0.141. The van der Waals surface area contributed by atoms with Crippen molar-refractivity contribution in [3.05, 3.63) is 63.9 Å². The van der Waals surface area contributed by atoms with Crippen LogP contribution in [0.5, 0.6) is 0 Å². The first-order chi connectivity index (χ1) is 16.4. The van der Waals surface area contributed by atoms with Gasteiger partial charge in [-0.2, -0.15) is 13.2 Å². The molecular weight excluding hydrogens is 497 g/mol. The van der Waals surface area contributed by atoms with Crippen LogP contribution in [0.1, 0.15) is 40.5 Å². The first-order valence-corrected chi connectivity index (χ1v) is 11.2. The monoisotopic (exact) mass is 515 g/mol. The number of likely N-dealkylation sites (tertiary alicyclic amines) is 1. The predicted molar refractivity (Wildman–Crippen MR) is 112 cm³/mol. The fraction of sp³-hybridized carbons (Fsp3) is 0.435. The number of primary amides is 1. The number of aromatic nitrogens is 1. The zero-order chi connectivity index (χ0) is 25.3. The highest BCUT2D eigenvalue weighted by molar-refractivity contribution is 6.30. The number of nitrogens with two attached hydrogens (primary N) is 1. The van der Waals surface area contributed by atoms with E-state index in [0.717, 1.165) is 35.2 Å². The highest BCUT2D eigenvalue weighted by Gasteiger charge is 2.72. The number of rotatable bonds is 5. The number of carbonyl (C=O) groups excluding carboxylic acids is 2. The second kappa shape index (κ2) is 8.12. The van der Waals surface area contributed by atoms with Crippen LogP contribution in [0.4, 0.5) is 22.0 Å². The fourth-order valence-corrected chi connectivity index (χ4v) is 5.83. The molecule has 2 N–H and O–H groups in total. The summed E-state index contributed by atoms with van der Waals surface area (Å²) in [5.41, 5.74) is 2.57. The Balaban J connectivity index is 1.63. The number of nitrogens with zero attached hydrogens (tertiary/aromatic N) is 2. The van der Waals surface area contributed by atoms with Crippen LogP contribution in [0, 0.1) is 23.5 Å². The van der Waals surface area contributed by atoms with Crippen LogP contribution >= 0.6 is 11.6 Å². The highest BCUT2D eigenvalue weighted by Crippen LogP contribution is 2.67. The Morgan fingerprint density at radius 1 is 1.20 bits per heavy atom. The lowest BCUT2D eigenvalue weighted by Crippen LogP contribution is -2.55. The van der Waals surface area contributed by atoms with Crippen LogP contribution in [0.2, 0.25) is 5.02 Å². The molecule has 3 fully saturated rings. The fourth-order valence-electron chi connectivity index (χ4n) is 5.68. The maximum atomic E-state index is 15.1. The number of benzene rings is 1. The minimum absolute atomic E-state index is 0.0392. The van der Waals surface area contributed by atoms with E-state index in [1.807, 2.05) is 0 Å². The third-order valence-corrected chi connectivity index (χ3v) is 7.53. The van der Waals surface area contributed by atoms with Gasteiger partial charge in [-0.25, -0.2) is 13.8 Å². The molecule has 5 rings (SSSR count). The van der Waals surface area contributed by atoms with Crippen molar-refractivity contribution < 1.29 is 36.3 Å². The zero-order valence-corrected chi connectivity index (χ0v) is 18.7. The van der Waals surface area contributed by atoms with Gasteiger partial charge >= 0.3 is 6.18 Å². The number of halogens is 6. The van der Waals surface area contributed by atoms with Crippen LogP contribution in [0.3, 0.4) is 0 Å². The van der Waals surface area contributed by atoms with Gasteiger partial charge in [0.25, 0.3) is 5.91 Å². The number of amides is 2. The molecule has 3 aliphatic rings. The Labute approximate surface area is 201 Å². The average Bonchev–Trinajstić information content (AvgIpc) is 3.37.